The standard InChI is InChI=1S/C23H27N3O2S/c1-3-26(4-2)14-20-8-6-5-7-19(20)13-24-23(27)18-9-11-22(12-10-18)28-15-21-16-29-17-25-21/h5-12,16-17H,3-4,13-15H2,1-2H3,(H,24,27). The van der Waals surface area contributed by atoms with Gasteiger partial charge in [-0.05, 0) is 48.5 Å². The molecule has 5 nitrogen and oxygen atoms in total. The Morgan fingerprint density at radius 2 is 1.79 bits per heavy atom. The lowest BCUT2D eigenvalue weighted by Gasteiger charge is -2.20. The second kappa shape index (κ2) is 10.7. The Morgan fingerprint density at radius 1 is 1.07 bits per heavy atom. The smallest absolute Gasteiger partial charge is 0.251 e. The topological polar surface area (TPSA) is 54.5 Å². The van der Waals surface area contributed by atoms with Gasteiger partial charge in [-0.1, -0.05) is 38.1 Å². The van der Waals surface area contributed by atoms with Gasteiger partial charge in [-0.3, -0.25) is 9.69 Å². The zero-order valence-electron chi connectivity index (χ0n) is 16.9. The van der Waals surface area contributed by atoms with E-state index < -0.39 is 0 Å². The maximum Gasteiger partial charge on any atom is 0.251 e. The summed E-state index contributed by atoms with van der Waals surface area (Å²) < 4.78 is 5.70. The number of nitrogens with one attached hydrogen (secondary N) is 1. The molecule has 0 radical (unpaired) electrons. The number of hydrogen-bond donors (Lipinski definition) is 1. The first kappa shape index (κ1) is 21.0. The van der Waals surface area contributed by atoms with Gasteiger partial charge in [0, 0.05) is 24.0 Å². The van der Waals surface area contributed by atoms with Crippen LogP contribution >= 0.6 is 11.3 Å². The van der Waals surface area contributed by atoms with E-state index >= 15 is 0 Å². The van der Waals surface area contributed by atoms with Crippen molar-refractivity contribution in [3.8, 4) is 5.75 Å². The van der Waals surface area contributed by atoms with Crippen LogP contribution in [-0.2, 0) is 19.7 Å². The summed E-state index contributed by atoms with van der Waals surface area (Å²) >= 11 is 1.54. The Labute approximate surface area is 176 Å². The van der Waals surface area contributed by atoms with Crippen molar-refractivity contribution in [1.82, 2.24) is 15.2 Å². The summed E-state index contributed by atoms with van der Waals surface area (Å²) in [7, 11) is 0. The highest BCUT2D eigenvalue weighted by Crippen LogP contribution is 2.15. The summed E-state index contributed by atoms with van der Waals surface area (Å²) in [5, 5.41) is 4.99. The first-order chi connectivity index (χ1) is 14.2. The van der Waals surface area contributed by atoms with Crippen molar-refractivity contribution in [1.29, 1.82) is 0 Å². The molecule has 6 heteroatoms. The molecule has 0 aliphatic heterocycles. The lowest BCUT2D eigenvalue weighted by Crippen LogP contribution is -2.26. The van der Waals surface area contributed by atoms with E-state index in [4.69, 9.17) is 4.74 Å². The van der Waals surface area contributed by atoms with Gasteiger partial charge in [0.1, 0.15) is 12.4 Å². The van der Waals surface area contributed by atoms with Crippen molar-refractivity contribution in [3.63, 3.8) is 0 Å². The molecule has 0 saturated carbocycles. The predicted octanol–water partition coefficient (Wildman–Crippen LogP) is 4.49. The van der Waals surface area contributed by atoms with E-state index in [0.29, 0.717) is 18.7 Å². The molecule has 0 bridgehead atoms. The molecular weight excluding hydrogens is 382 g/mol. The van der Waals surface area contributed by atoms with Crippen LogP contribution in [0.5, 0.6) is 5.75 Å². The fourth-order valence-electron chi connectivity index (χ4n) is 3.02. The van der Waals surface area contributed by atoms with Crippen LogP contribution in [0.2, 0.25) is 0 Å². The third kappa shape index (κ3) is 6.14. The molecule has 152 valence electrons. The second-order valence-electron chi connectivity index (χ2n) is 6.71. The van der Waals surface area contributed by atoms with Crippen molar-refractivity contribution in [3.05, 3.63) is 81.8 Å². The minimum Gasteiger partial charge on any atom is -0.487 e. The third-order valence-electron chi connectivity index (χ3n) is 4.83. The SMILES string of the molecule is CCN(CC)Cc1ccccc1CNC(=O)c1ccc(OCc2cscn2)cc1. The lowest BCUT2D eigenvalue weighted by atomic mass is 10.1. The Bertz CT molecular complexity index is 891. The van der Waals surface area contributed by atoms with Crippen LogP contribution in [0.1, 0.15) is 41.0 Å². The molecular formula is C23H27N3O2S. The number of carbonyl (C=O) groups is 1. The maximum absolute atomic E-state index is 12.5. The number of aromatic nitrogens is 1. The summed E-state index contributed by atoms with van der Waals surface area (Å²) in [5.41, 5.74) is 5.71. The number of nitrogens with zero attached hydrogens (tertiary/aromatic N) is 2. The average molecular weight is 410 g/mol. The number of hydrogen-bond acceptors (Lipinski definition) is 5. The van der Waals surface area contributed by atoms with Crippen molar-refractivity contribution >= 4 is 17.2 Å². The highest BCUT2D eigenvalue weighted by molar-refractivity contribution is 7.07. The van der Waals surface area contributed by atoms with E-state index in [1.54, 1.807) is 29.0 Å². The molecule has 0 unspecified atom stereocenters. The Hall–Kier alpha value is -2.70. The summed E-state index contributed by atoms with van der Waals surface area (Å²) in [6.45, 7) is 8.18. The van der Waals surface area contributed by atoms with Gasteiger partial charge in [-0.2, -0.15) is 0 Å². The molecule has 3 rings (SSSR count). The minimum absolute atomic E-state index is 0.0892. The van der Waals surface area contributed by atoms with E-state index in [-0.39, 0.29) is 5.91 Å². The molecule has 1 amide bonds. The van der Waals surface area contributed by atoms with Crippen LogP contribution in [0.4, 0.5) is 0 Å². The van der Waals surface area contributed by atoms with Gasteiger partial charge >= 0.3 is 0 Å². The first-order valence-corrected chi connectivity index (χ1v) is 10.8. The van der Waals surface area contributed by atoms with E-state index in [9.17, 15) is 4.79 Å². The van der Waals surface area contributed by atoms with E-state index in [2.05, 4.69) is 47.2 Å². The van der Waals surface area contributed by atoms with Crippen LogP contribution in [0, 0.1) is 0 Å². The predicted molar refractivity (Wildman–Crippen MR) is 117 cm³/mol. The third-order valence-corrected chi connectivity index (χ3v) is 5.47. The molecule has 0 fully saturated rings. The molecule has 1 heterocycles. The van der Waals surface area contributed by atoms with Crippen LogP contribution in [-0.4, -0.2) is 28.9 Å². The molecule has 29 heavy (non-hydrogen) atoms. The number of rotatable bonds is 10. The van der Waals surface area contributed by atoms with Crippen LogP contribution in [0.15, 0.2) is 59.4 Å². The zero-order valence-corrected chi connectivity index (χ0v) is 17.7. The molecule has 0 aliphatic carbocycles. The maximum atomic E-state index is 12.5. The Kier molecular flexibility index (Phi) is 7.78. The average Bonchev–Trinajstić information content (AvgIpc) is 3.29. The van der Waals surface area contributed by atoms with Gasteiger partial charge in [0.05, 0.1) is 11.2 Å². The highest BCUT2D eigenvalue weighted by atomic mass is 32.1. The van der Waals surface area contributed by atoms with Gasteiger partial charge in [0.15, 0.2) is 0 Å². The Balaban J connectivity index is 1.55. The number of thiazole rings is 1. The van der Waals surface area contributed by atoms with Crippen molar-refractivity contribution in [2.75, 3.05) is 13.1 Å². The van der Waals surface area contributed by atoms with E-state index in [1.165, 1.54) is 5.56 Å². The Morgan fingerprint density at radius 3 is 2.45 bits per heavy atom. The van der Waals surface area contributed by atoms with Crippen LogP contribution in [0.25, 0.3) is 0 Å². The largest absolute Gasteiger partial charge is 0.487 e. The molecule has 0 atom stereocenters. The molecule has 2 aromatic carbocycles. The molecule has 1 aromatic heterocycles. The van der Waals surface area contributed by atoms with Crippen molar-refractivity contribution < 1.29 is 9.53 Å². The zero-order chi connectivity index (χ0) is 20.5. The van der Waals surface area contributed by atoms with Gasteiger partial charge in [-0.25, -0.2) is 4.98 Å². The fraction of sp³-hybridized carbons (Fsp3) is 0.304. The minimum atomic E-state index is -0.0892. The lowest BCUT2D eigenvalue weighted by molar-refractivity contribution is 0.0950. The second-order valence-corrected chi connectivity index (χ2v) is 7.42. The molecule has 0 aliphatic rings. The fourth-order valence-corrected chi connectivity index (χ4v) is 3.56. The monoisotopic (exact) mass is 409 g/mol. The van der Waals surface area contributed by atoms with Crippen LogP contribution < -0.4 is 10.1 Å². The first-order valence-electron chi connectivity index (χ1n) is 9.86. The van der Waals surface area contributed by atoms with E-state index in [1.807, 2.05) is 23.6 Å². The molecule has 1 N–H and O–H groups in total. The number of benzene rings is 2. The molecule has 0 spiro atoms. The molecule has 0 saturated heterocycles. The van der Waals surface area contributed by atoms with Gasteiger partial charge < -0.3 is 10.1 Å². The van der Waals surface area contributed by atoms with Gasteiger partial charge in [-0.15, -0.1) is 11.3 Å². The number of ether oxygens (including phenoxy) is 1. The van der Waals surface area contributed by atoms with Crippen molar-refractivity contribution in [2.24, 2.45) is 0 Å². The summed E-state index contributed by atoms with van der Waals surface area (Å²) in [5.74, 6) is 0.632. The summed E-state index contributed by atoms with van der Waals surface area (Å²) in [6.07, 6.45) is 0. The highest BCUT2D eigenvalue weighted by Gasteiger charge is 2.09. The van der Waals surface area contributed by atoms with Gasteiger partial charge in [0.25, 0.3) is 5.91 Å². The quantitative estimate of drug-likeness (QED) is 0.536. The van der Waals surface area contributed by atoms with E-state index in [0.717, 1.165) is 36.6 Å². The van der Waals surface area contributed by atoms with Crippen LogP contribution in [0.3, 0.4) is 0 Å². The summed E-state index contributed by atoms with van der Waals surface area (Å²) in [6, 6.07) is 15.5. The van der Waals surface area contributed by atoms with Gasteiger partial charge in [0.2, 0.25) is 0 Å². The summed E-state index contributed by atoms with van der Waals surface area (Å²) in [4.78, 5) is 19.1. The number of carbonyl (C=O) groups excluding carboxylic acids is 1. The normalized spacial score (nSPS) is 10.9. The molecule has 3 aromatic rings. The number of amides is 1. The van der Waals surface area contributed by atoms with Crippen molar-refractivity contribution in [2.45, 2.75) is 33.5 Å².